The van der Waals surface area contributed by atoms with Crippen LogP contribution in [0.2, 0.25) is 0 Å². The van der Waals surface area contributed by atoms with Crippen molar-refractivity contribution in [3.8, 4) is 0 Å². The first kappa shape index (κ1) is 21.5. The fourth-order valence-corrected chi connectivity index (χ4v) is 3.84. The number of nitrogens with zero attached hydrogens (tertiary/aromatic N) is 4. The predicted octanol–water partition coefficient (Wildman–Crippen LogP) is 2.80. The maximum Gasteiger partial charge on any atom is 0.287 e. The van der Waals surface area contributed by atoms with Gasteiger partial charge in [0.2, 0.25) is 0 Å². The van der Waals surface area contributed by atoms with Crippen molar-refractivity contribution in [2.24, 2.45) is 5.92 Å². The number of hydrogen-bond acceptors (Lipinski definition) is 6. The first-order valence-electron chi connectivity index (χ1n) is 10.5. The highest BCUT2D eigenvalue weighted by Crippen LogP contribution is 2.23. The molecule has 1 atom stereocenters. The summed E-state index contributed by atoms with van der Waals surface area (Å²) in [6, 6.07) is 3.24. The Hall–Kier alpha value is -2.19. The van der Waals surface area contributed by atoms with Gasteiger partial charge in [-0.2, -0.15) is 0 Å². The van der Waals surface area contributed by atoms with E-state index in [4.69, 9.17) is 9.15 Å². The number of carbonyl (C=O) groups is 1. The molecule has 0 aromatic carbocycles. The van der Waals surface area contributed by atoms with Crippen LogP contribution in [0.5, 0.6) is 0 Å². The van der Waals surface area contributed by atoms with Gasteiger partial charge in [-0.3, -0.25) is 4.79 Å². The van der Waals surface area contributed by atoms with Gasteiger partial charge in [0.05, 0.1) is 6.04 Å². The molecule has 8 heteroatoms. The average Bonchev–Trinajstić information content (AvgIpc) is 3.26. The van der Waals surface area contributed by atoms with E-state index in [1.165, 1.54) is 0 Å². The largest absolute Gasteiger partial charge is 0.453 e. The minimum absolute atomic E-state index is 0.211. The number of ether oxygens (including phenoxy) is 1. The van der Waals surface area contributed by atoms with E-state index in [1.54, 1.807) is 19.2 Å². The number of fused-ring (bicyclic) bond motifs is 1. The first-order chi connectivity index (χ1) is 14.0. The van der Waals surface area contributed by atoms with Crippen LogP contribution < -0.4 is 5.32 Å². The molecule has 3 rings (SSSR count). The lowest BCUT2D eigenvalue weighted by Gasteiger charge is -2.21. The summed E-state index contributed by atoms with van der Waals surface area (Å²) in [5.74, 6) is 2.92. The molecule has 2 aromatic heterocycles. The van der Waals surface area contributed by atoms with Gasteiger partial charge in [-0.05, 0) is 37.4 Å². The van der Waals surface area contributed by atoms with Gasteiger partial charge < -0.3 is 23.9 Å². The first-order valence-corrected chi connectivity index (χ1v) is 10.5. The number of amides is 1. The van der Waals surface area contributed by atoms with Gasteiger partial charge in [0, 0.05) is 33.2 Å². The van der Waals surface area contributed by atoms with Crippen molar-refractivity contribution in [1.82, 2.24) is 25.0 Å². The Bertz CT molecular complexity index is 798. The zero-order valence-electron chi connectivity index (χ0n) is 18.0. The third kappa shape index (κ3) is 5.45. The van der Waals surface area contributed by atoms with Crippen molar-refractivity contribution in [3.63, 3.8) is 0 Å². The Labute approximate surface area is 172 Å². The highest BCUT2D eigenvalue weighted by molar-refractivity contribution is 5.91. The molecule has 0 saturated carbocycles. The van der Waals surface area contributed by atoms with E-state index in [1.807, 2.05) is 0 Å². The van der Waals surface area contributed by atoms with Crippen molar-refractivity contribution in [2.45, 2.75) is 59.2 Å². The Morgan fingerprint density at radius 1 is 1.28 bits per heavy atom. The maximum absolute atomic E-state index is 12.8. The third-order valence-electron chi connectivity index (χ3n) is 5.18. The van der Waals surface area contributed by atoms with Crippen LogP contribution >= 0.6 is 0 Å². The summed E-state index contributed by atoms with van der Waals surface area (Å²) < 4.78 is 12.9. The van der Waals surface area contributed by atoms with Crippen LogP contribution in [0.3, 0.4) is 0 Å². The molecule has 1 aliphatic heterocycles. The Balaban J connectivity index is 1.77. The molecule has 0 aliphatic carbocycles. The van der Waals surface area contributed by atoms with Crippen LogP contribution in [0, 0.1) is 5.92 Å². The molecule has 0 spiro atoms. The lowest BCUT2D eigenvalue weighted by molar-refractivity contribution is 0.0892. The van der Waals surface area contributed by atoms with Crippen molar-refractivity contribution >= 4 is 5.91 Å². The van der Waals surface area contributed by atoms with E-state index in [2.05, 4.69) is 45.8 Å². The summed E-state index contributed by atoms with van der Waals surface area (Å²) in [6.45, 7) is 10.8. The highest BCUT2D eigenvalue weighted by Gasteiger charge is 2.27. The Kier molecular flexibility index (Phi) is 7.44. The zero-order chi connectivity index (χ0) is 20.8. The second-order valence-corrected chi connectivity index (χ2v) is 8.07. The van der Waals surface area contributed by atoms with Crippen molar-refractivity contribution in [2.75, 3.05) is 26.7 Å². The summed E-state index contributed by atoms with van der Waals surface area (Å²) in [5, 5.41) is 12.0. The number of furan rings is 1. The summed E-state index contributed by atoms with van der Waals surface area (Å²) in [6.07, 6.45) is 2.82. The van der Waals surface area contributed by atoms with E-state index < -0.39 is 0 Å². The number of carbonyl (C=O) groups excluding carboxylic acids is 1. The molecule has 1 N–H and O–H groups in total. The van der Waals surface area contributed by atoms with Crippen LogP contribution in [0.15, 0.2) is 16.5 Å². The molecule has 0 unspecified atom stereocenters. The lowest BCUT2D eigenvalue weighted by Crippen LogP contribution is -2.32. The van der Waals surface area contributed by atoms with E-state index >= 15 is 0 Å². The van der Waals surface area contributed by atoms with E-state index in [0.29, 0.717) is 18.3 Å². The SMILES string of the molecule is CCCN1CCc2nnc([C@@H](CC(C)C)NC(=O)c3ccc(COC)o3)n2CC1. The zero-order valence-corrected chi connectivity index (χ0v) is 18.0. The minimum atomic E-state index is -0.239. The van der Waals surface area contributed by atoms with Gasteiger partial charge in [0.25, 0.3) is 5.91 Å². The molecule has 3 heterocycles. The van der Waals surface area contributed by atoms with Crippen LogP contribution in [-0.4, -0.2) is 52.3 Å². The third-order valence-corrected chi connectivity index (χ3v) is 5.18. The van der Waals surface area contributed by atoms with E-state index in [9.17, 15) is 4.79 Å². The molecular weight excluding hydrogens is 370 g/mol. The van der Waals surface area contributed by atoms with E-state index in [0.717, 1.165) is 57.1 Å². The molecule has 0 saturated heterocycles. The van der Waals surface area contributed by atoms with Gasteiger partial charge >= 0.3 is 0 Å². The van der Waals surface area contributed by atoms with Gasteiger partial charge in [-0.1, -0.05) is 20.8 Å². The summed E-state index contributed by atoms with van der Waals surface area (Å²) >= 11 is 0. The molecule has 29 heavy (non-hydrogen) atoms. The normalized spacial score (nSPS) is 15.9. The lowest BCUT2D eigenvalue weighted by atomic mass is 10.0. The molecule has 1 aliphatic rings. The van der Waals surface area contributed by atoms with E-state index in [-0.39, 0.29) is 17.7 Å². The number of nitrogens with one attached hydrogen (secondary N) is 1. The molecule has 0 radical (unpaired) electrons. The van der Waals surface area contributed by atoms with Crippen LogP contribution in [0.4, 0.5) is 0 Å². The molecule has 8 nitrogen and oxygen atoms in total. The fraction of sp³-hybridized carbons (Fsp3) is 0.667. The number of hydrogen-bond donors (Lipinski definition) is 1. The Morgan fingerprint density at radius 2 is 2.10 bits per heavy atom. The second kappa shape index (κ2) is 10.0. The summed E-state index contributed by atoms with van der Waals surface area (Å²) in [7, 11) is 1.60. The van der Waals surface area contributed by atoms with Gasteiger partial charge in [-0.15, -0.1) is 10.2 Å². The second-order valence-electron chi connectivity index (χ2n) is 8.07. The van der Waals surface area contributed by atoms with Crippen molar-refractivity contribution in [3.05, 3.63) is 35.3 Å². The smallest absolute Gasteiger partial charge is 0.287 e. The summed E-state index contributed by atoms with van der Waals surface area (Å²) in [5.41, 5.74) is 0. The monoisotopic (exact) mass is 403 g/mol. The summed E-state index contributed by atoms with van der Waals surface area (Å²) in [4.78, 5) is 15.3. The topological polar surface area (TPSA) is 85.4 Å². The fourth-order valence-electron chi connectivity index (χ4n) is 3.84. The minimum Gasteiger partial charge on any atom is -0.453 e. The average molecular weight is 404 g/mol. The van der Waals surface area contributed by atoms with Crippen LogP contribution in [0.1, 0.15) is 67.6 Å². The van der Waals surface area contributed by atoms with Crippen molar-refractivity contribution < 1.29 is 13.9 Å². The predicted molar refractivity (Wildman–Crippen MR) is 110 cm³/mol. The van der Waals surface area contributed by atoms with Gasteiger partial charge in [0.1, 0.15) is 18.2 Å². The molecule has 0 bridgehead atoms. The Morgan fingerprint density at radius 3 is 2.83 bits per heavy atom. The molecule has 160 valence electrons. The standard InChI is InChI=1S/C21H33N5O3/c1-5-9-25-10-8-19-23-24-20(26(19)12-11-25)17(13-15(2)3)22-21(27)18-7-6-16(29-18)14-28-4/h6-7,15,17H,5,8-14H2,1-4H3,(H,22,27)/t17-/m1/s1. The molecule has 1 amide bonds. The van der Waals surface area contributed by atoms with Gasteiger partial charge in [-0.25, -0.2) is 0 Å². The number of methoxy groups -OCH3 is 1. The maximum atomic E-state index is 12.8. The quantitative estimate of drug-likeness (QED) is 0.693. The number of rotatable bonds is 9. The molecule has 2 aromatic rings. The van der Waals surface area contributed by atoms with Crippen molar-refractivity contribution in [1.29, 1.82) is 0 Å². The van der Waals surface area contributed by atoms with Crippen LogP contribution in [0.25, 0.3) is 0 Å². The number of aromatic nitrogens is 3. The molecular formula is C21H33N5O3. The molecule has 0 fully saturated rings. The highest BCUT2D eigenvalue weighted by atomic mass is 16.5. The van der Waals surface area contributed by atoms with Crippen LogP contribution in [-0.2, 0) is 24.3 Å². The van der Waals surface area contributed by atoms with Gasteiger partial charge in [0.15, 0.2) is 11.6 Å².